The predicted octanol–water partition coefficient (Wildman–Crippen LogP) is 3.90. The maximum atomic E-state index is 12.2. The van der Waals surface area contributed by atoms with Crippen molar-refractivity contribution in [3.05, 3.63) is 28.9 Å². The van der Waals surface area contributed by atoms with Crippen molar-refractivity contribution in [2.75, 3.05) is 20.8 Å². The smallest absolute Gasteiger partial charge is 0.248 e. The van der Waals surface area contributed by atoms with E-state index in [0.717, 1.165) is 60.2 Å². The lowest BCUT2D eigenvalue weighted by molar-refractivity contribution is -0.176. The molecule has 2 aliphatic rings. The first-order valence-corrected chi connectivity index (χ1v) is 9.56. The van der Waals surface area contributed by atoms with Crippen molar-refractivity contribution in [1.29, 1.82) is 0 Å². The van der Waals surface area contributed by atoms with E-state index in [2.05, 4.69) is 11.2 Å². The number of carbonyl (C=O) groups is 1. The first-order valence-electron chi connectivity index (χ1n) is 9.18. The second-order valence-corrected chi connectivity index (χ2v) is 7.63. The minimum Gasteiger partial charge on any atom is -0.356 e. The molecule has 1 saturated carbocycles. The largest absolute Gasteiger partial charge is 0.356 e. The van der Waals surface area contributed by atoms with E-state index in [0.29, 0.717) is 5.92 Å². The van der Waals surface area contributed by atoms with Crippen molar-refractivity contribution in [3.8, 4) is 0 Å². The lowest BCUT2D eigenvalue weighted by Crippen LogP contribution is -2.38. The molecule has 2 heterocycles. The number of fused-ring (bicyclic) bond motifs is 1. The second kappa shape index (κ2) is 7.18. The van der Waals surface area contributed by atoms with Crippen LogP contribution in [0.3, 0.4) is 0 Å². The van der Waals surface area contributed by atoms with Crippen LogP contribution in [0.15, 0.2) is 18.3 Å². The number of aromatic nitrogens is 2. The number of nitrogens with zero attached hydrogens (tertiary/aromatic N) is 3. The fourth-order valence-corrected chi connectivity index (χ4v) is 4.29. The van der Waals surface area contributed by atoms with E-state index in [1.807, 2.05) is 16.9 Å². The highest BCUT2D eigenvalue weighted by Gasteiger charge is 2.38. The summed E-state index contributed by atoms with van der Waals surface area (Å²) in [6.45, 7) is 0.784. The van der Waals surface area contributed by atoms with E-state index in [9.17, 15) is 4.79 Å². The molecule has 140 valence electrons. The van der Waals surface area contributed by atoms with Crippen LogP contribution in [0.1, 0.15) is 49.8 Å². The Morgan fingerprint density at radius 2 is 2.19 bits per heavy atom. The van der Waals surface area contributed by atoms with Crippen molar-refractivity contribution >= 4 is 28.4 Å². The number of amides is 1. The number of hydrogen-bond donors (Lipinski definition) is 0. The van der Waals surface area contributed by atoms with Gasteiger partial charge in [-0.05, 0) is 55.7 Å². The molecule has 0 bridgehead atoms. The standard InChI is InChI=1S/C19H24ClN3O3/c1-22(25-2)19(24)13-7-12(8-13)15-10-17-14(9-16(15)20)11-21-23(17)18-5-3-4-6-26-18/h9-13,18H,3-8H2,1-2H3. The molecule has 4 rings (SSSR count). The topological polar surface area (TPSA) is 56.6 Å². The van der Waals surface area contributed by atoms with Crippen molar-refractivity contribution in [1.82, 2.24) is 14.8 Å². The summed E-state index contributed by atoms with van der Waals surface area (Å²) >= 11 is 6.53. The number of benzene rings is 1. The van der Waals surface area contributed by atoms with Gasteiger partial charge in [0.15, 0.2) is 6.23 Å². The van der Waals surface area contributed by atoms with Crippen molar-refractivity contribution in [3.63, 3.8) is 0 Å². The van der Waals surface area contributed by atoms with Gasteiger partial charge in [0.2, 0.25) is 5.91 Å². The molecule has 7 heteroatoms. The zero-order chi connectivity index (χ0) is 18.3. The minimum atomic E-state index is 0.00125. The van der Waals surface area contributed by atoms with Crippen LogP contribution in [0.25, 0.3) is 10.9 Å². The molecule has 0 spiro atoms. The van der Waals surface area contributed by atoms with Gasteiger partial charge in [0, 0.05) is 30.0 Å². The van der Waals surface area contributed by atoms with Gasteiger partial charge in [0.05, 0.1) is 18.8 Å². The highest BCUT2D eigenvalue weighted by atomic mass is 35.5. The summed E-state index contributed by atoms with van der Waals surface area (Å²) in [4.78, 5) is 17.2. The van der Waals surface area contributed by atoms with Gasteiger partial charge in [-0.2, -0.15) is 5.10 Å². The number of rotatable bonds is 4. The third kappa shape index (κ3) is 3.10. The molecule has 0 N–H and O–H groups in total. The van der Waals surface area contributed by atoms with Crippen molar-refractivity contribution < 1.29 is 14.4 Å². The van der Waals surface area contributed by atoms with E-state index >= 15 is 0 Å². The molecule has 0 radical (unpaired) electrons. The van der Waals surface area contributed by atoms with Gasteiger partial charge in [0.1, 0.15) is 0 Å². The van der Waals surface area contributed by atoms with E-state index in [-0.39, 0.29) is 18.1 Å². The monoisotopic (exact) mass is 377 g/mol. The molecule has 2 fully saturated rings. The number of hydroxylamine groups is 2. The van der Waals surface area contributed by atoms with E-state index in [1.165, 1.54) is 12.2 Å². The molecule has 2 aromatic rings. The summed E-state index contributed by atoms with van der Waals surface area (Å²) in [6, 6.07) is 4.11. The van der Waals surface area contributed by atoms with Crippen LogP contribution in [-0.4, -0.2) is 41.5 Å². The first-order chi connectivity index (χ1) is 12.6. The van der Waals surface area contributed by atoms with Gasteiger partial charge in [-0.25, -0.2) is 9.75 Å². The Kier molecular flexibility index (Phi) is 4.90. The quantitative estimate of drug-likeness (QED) is 0.758. The summed E-state index contributed by atoms with van der Waals surface area (Å²) in [6.07, 6.45) is 6.70. The third-order valence-corrected chi connectivity index (χ3v) is 5.98. The molecule has 1 unspecified atom stereocenters. The fraction of sp³-hybridized carbons (Fsp3) is 0.579. The molecular formula is C19H24ClN3O3. The van der Waals surface area contributed by atoms with Crippen LogP contribution in [0.5, 0.6) is 0 Å². The lowest BCUT2D eigenvalue weighted by Gasteiger charge is -2.36. The predicted molar refractivity (Wildman–Crippen MR) is 98.8 cm³/mol. The summed E-state index contributed by atoms with van der Waals surface area (Å²) in [7, 11) is 3.16. The fourth-order valence-electron chi connectivity index (χ4n) is 3.96. The molecule has 1 amide bonds. The zero-order valence-corrected chi connectivity index (χ0v) is 15.9. The number of hydrogen-bond acceptors (Lipinski definition) is 4. The Morgan fingerprint density at radius 3 is 2.88 bits per heavy atom. The summed E-state index contributed by atoms with van der Waals surface area (Å²) in [5.74, 6) is 0.326. The molecule has 1 aliphatic carbocycles. The van der Waals surface area contributed by atoms with Gasteiger partial charge in [-0.1, -0.05) is 11.6 Å². The highest BCUT2D eigenvalue weighted by Crippen LogP contribution is 2.46. The van der Waals surface area contributed by atoms with Crippen molar-refractivity contribution in [2.45, 2.75) is 44.2 Å². The molecule has 1 aliphatic heterocycles. The molecule has 6 nitrogen and oxygen atoms in total. The van der Waals surface area contributed by atoms with E-state index in [4.69, 9.17) is 21.2 Å². The Bertz CT molecular complexity index is 810. The van der Waals surface area contributed by atoms with E-state index in [1.54, 1.807) is 7.05 Å². The summed E-state index contributed by atoms with van der Waals surface area (Å²) in [5.41, 5.74) is 2.15. The second-order valence-electron chi connectivity index (χ2n) is 7.23. The van der Waals surface area contributed by atoms with Gasteiger partial charge >= 0.3 is 0 Å². The molecule has 26 heavy (non-hydrogen) atoms. The number of carbonyl (C=O) groups excluding carboxylic acids is 1. The molecule has 1 aromatic heterocycles. The lowest BCUT2D eigenvalue weighted by atomic mass is 9.71. The molecule has 1 atom stereocenters. The van der Waals surface area contributed by atoms with Gasteiger partial charge in [0.25, 0.3) is 0 Å². The van der Waals surface area contributed by atoms with Crippen LogP contribution in [0.4, 0.5) is 0 Å². The normalized spacial score (nSPS) is 25.9. The molecule has 1 aromatic carbocycles. The molecule has 1 saturated heterocycles. The SMILES string of the molecule is CON(C)C(=O)C1CC(c2cc3c(cnn3C3CCCCO3)cc2Cl)C1. The summed E-state index contributed by atoms with van der Waals surface area (Å²) in [5, 5.41) is 7.62. The van der Waals surface area contributed by atoms with Gasteiger partial charge in [-0.3, -0.25) is 9.63 Å². The molecular weight excluding hydrogens is 354 g/mol. The Labute approximate surface area is 157 Å². The highest BCUT2D eigenvalue weighted by molar-refractivity contribution is 6.32. The Morgan fingerprint density at radius 1 is 1.38 bits per heavy atom. The van der Waals surface area contributed by atoms with Crippen LogP contribution >= 0.6 is 11.6 Å². The average Bonchev–Trinajstić information content (AvgIpc) is 3.03. The van der Waals surface area contributed by atoms with Crippen LogP contribution < -0.4 is 0 Å². The van der Waals surface area contributed by atoms with Crippen molar-refractivity contribution in [2.24, 2.45) is 5.92 Å². The van der Waals surface area contributed by atoms with Crippen LogP contribution in [0, 0.1) is 5.92 Å². The Balaban J connectivity index is 1.56. The number of ether oxygens (including phenoxy) is 1. The van der Waals surface area contributed by atoms with Gasteiger partial charge < -0.3 is 4.74 Å². The van der Waals surface area contributed by atoms with Gasteiger partial charge in [-0.15, -0.1) is 0 Å². The average molecular weight is 378 g/mol. The van der Waals surface area contributed by atoms with E-state index < -0.39 is 0 Å². The maximum absolute atomic E-state index is 12.2. The Hall–Kier alpha value is -1.63. The number of halogens is 1. The van der Waals surface area contributed by atoms with Crippen LogP contribution in [0.2, 0.25) is 5.02 Å². The first kappa shape index (κ1) is 17.8. The maximum Gasteiger partial charge on any atom is 0.248 e. The summed E-state index contributed by atoms with van der Waals surface area (Å²) < 4.78 is 7.87. The van der Waals surface area contributed by atoms with Crippen LogP contribution in [-0.2, 0) is 14.4 Å². The zero-order valence-electron chi connectivity index (χ0n) is 15.2. The third-order valence-electron chi connectivity index (χ3n) is 5.65. The minimum absolute atomic E-state index is 0.00125.